The highest BCUT2D eigenvalue weighted by atomic mass is 19.1. The van der Waals surface area contributed by atoms with Crippen molar-refractivity contribution in [1.29, 1.82) is 0 Å². The van der Waals surface area contributed by atoms with E-state index in [0.29, 0.717) is 11.7 Å². The number of hydrogen-bond acceptors (Lipinski definition) is 2. The molecular formula is C18H23FN2. The van der Waals surface area contributed by atoms with Crippen molar-refractivity contribution in [3.05, 3.63) is 59.9 Å². The average Bonchev–Trinajstić information content (AvgIpc) is 2.52. The van der Waals surface area contributed by atoms with Crippen molar-refractivity contribution in [3.8, 4) is 0 Å². The van der Waals surface area contributed by atoms with Gasteiger partial charge in [-0.15, -0.1) is 0 Å². The van der Waals surface area contributed by atoms with Crippen LogP contribution in [0.2, 0.25) is 0 Å². The predicted octanol–water partition coefficient (Wildman–Crippen LogP) is 4.65. The number of hydrogen-bond donors (Lipinski definition) is 1. The summed E-state index contributed by atoms with van der Waals surface area (Å²) in [6, 6.07) is 15.5. The van der Waals surface area contributed by atoms with E-state index in [1.165, 1.54) is 11.6 Å². The van der Waals surface area contributed by atoms with Crippen LogP contribution in [0, 0.1) is 5.82 Å². The Balaban J connectivity index is 2.20. The molecule has 1 atom stereocenters. The first kappa shape index (κ1) is 15.5. The molecule has 0 spiro atoms. The monoisotopic (exact) mass is 286 g/mol. The van der Waals surface area contributed by atoms with Crippen molar-refractivity contribution in [1.82, 2.24) is 5.32 Å². The SMILES string of the molecule is CCNC(CC)c1ccc(N(C)c2ccccc2F)cc1. The fraction of sp³-hybridized carbons (Fsp3) is 0.333. The van der Waals surface area contributed by atoms with Crippen LogP contribution in [0.5, 0.6) is 0 Å². The molecule has 2 aromatic carbocycles. The Bertz CT molecular complexity index is 566. The summed E-state index contributed by atoms with van der Waals surface area (Å²) in [5, 5.41) is 3.46. The van der Waals surface area contributed by atoms with Gasteiger partial charge in [-0.25, -0.2) is 4.39 Å². The summed E-state index contributed by atoms with van der Waals surface area (Å²) >= 11 is 0. The lowest BCUT2D eigenvalue weighted by Crippen LogP contribution is -2.20. The van der Waals surface area contributed by atoms with Gasteiger partial charge >= 0.3 is 0 Å². The third-order valence-corrected chi connectivity index (χ3v) is 3.76. The second-order valence-electron chi connectivity index (χ2n) is 5.12. The van der Waals surface area contributed by atoms with Gasteiger partial charge in [0, 0.05) is 18.8 Å². The topological polar surface area (TPSA) is 15.3 Å². The molecule has 21 heavy (non-hydrogen) atoms. The first-order chi connectivity index (χ1) is 10.2. The van der Waals surface area contributed by atoms with Crippen molar-refractivity contribution in [2.24, 2.45) is 0 Å². The molecule has 0 radical (unpaired) electrons. The van der Waals surface area contributed by atoms with Gasteiger partial charge in [-0.2, -0.15) is 0 Å². The Kier molecular flexibility index (Phi) is 5.34. The van der Waals surface area contributed by atoms with Crippen LogP contribution in [-0.4, -0.2) is 13.6 Å². The minimum atomic E-state index is -0.205. The van der Waals surface area contributed by atoms with Crippen LogP contribution in [0.3, 0.4) is 0 Å². The molecule has 1 N–H and O–H groups in total. The van der Waals surface area contributed by atoms with E-state index >= 15 is 0 Å². The minimum absolute atomic E-state index is 0.205. The van der Waals surface area contributed by atoms with E-state index in [4.69, 9.17) is 0 Å². The minimum Gasteiger partial charge on any atom is -0.342 e. The predicted molar refractivity (Wildman–Crippen MR) is 87.6 cm³/mol. The molecule has 1 unspecified atom stereocenters. The first-order valence-corrected chi connectivity index (χ1v) is 7.49. The summed E-state index contributed by atoms with van der Waals surface area (Å²) in [6.45, 7) is 5.24. The number of rotatable bonds is 6. The van der Waals surface area contributed by atoms with Crippen molar-refractivity contribution in [2.75, 3.05) is 18.5 Å². The summed E-state index contributed by atoms with van der Waals surface area (Å²) in [5.41, 5.74) is 2.84. The highest BCUT2D eigenvalue weighted by Crippen LogP contribution is 2.27. The molecule has 0 fully saturated rings. The van der Waals surface area contributed by atoms with E-state index in [9.17, 15) is 4.39 Å². The average molecular weight is 286 g/mol. The van der Waals surface area contributed by atoms with Gasteiger partial charge in [-0.05, 0) is 42.8 Å². The molecule has 0 bridgehead atoms. The number of benzene rings is 2. The molecule has 0 amide bonds. The van der Waals surface area contributed by atoms with Crippen LogP contribution in [-0.2, 0) is 0 Å². The Labute approximate surface area is 126 Å². The summed E-state index contributed by atoms with van der Waals surface area (Å²) in [7, 11) is 1.88. The Morgan fingerprint density at radius 2 is 1.71 bits per heavy atom. The van der Waals surface area contributed by atoms with E-state index < -0.39 is 0 Å². The number of halogens is 1. The molecule has 2 rings (SSSR count). The zero-order valence-electron chi connectivity index (χ0n) is 12.9. The maximum absolute atomic E-state index is 13.8. The van der Waals surface area contributed by atoms with Gasteiger partial charge in [-0.3, -0.25) is 0 Å². The van der Waals surface area contributed by atoms with Gasteiger partial charge in [0.25, 0.3) is 0 Å². The number of anilines is 2. The van der Waals surface area contributed by atoms with Gasteiger partial charge < -0.3 is 10.2 Å². The standard InChI is InChI=1S/C18H23FN2/c1-4-17(20-5-2)14-10-12-15(13-11-14)21(3)18-9-7-6-8-16(18)19/h6-13,17,20H,4-5H2,1-3H3. The van der Waals surface area contributed by atoms with Crippen molar-refractivity contribution in [2.45, 2.75) is 26.3 Å². The molecule has 0 aliphatic carbocycles. The van der Waals surface area contributed by atoms with Crippen molar-refractivity contribution < 1.29 is 4.39 Å². The highest BCUT2D eigenvalue weighted by Gasteiger charge is 2.11. The molecule has 2 nitrogen and oxygen atoms in total. The van der Waals surface area contributed by atoms with Crippen LogP contribution in [0.25, 0.3) is 0 Å². The Hall–Kier alpha value is -1.87. The van der Waals surface area contributed by atoms with Crippen molar-refractivity contribution >= 4 is 11.4 Å². The molecular weight excluding hydrogens is 263 g/mol. The summed E-state index contributed by atoms with van der Waals surface area (Å²) in [6.07, 6.45) is 1.05. The lowest BCUT2D eigenvalue weighted by Gasteiger charge is -2.22. The Morgan fingerprint density at radius 3 is 2.29 bits per heavy atom. The van der Waals surface area contributed by atoms with Gasteiger partial charge in [0.2, 0.25) is 0 Å². The largest absolute Gasteiger partial charge is 0.342 e. The molecule has 2 aromatic rings. The van der Waals surface area contributed by atoms with Gasteiger partial charge in [0.15, 0.2) is 0 Å². The number of nitrogens with one attached hydrogen (secondary N) is 1. The highest BCUT2D eigenvalue weighted by molar-refractivity contribution is 5.63. The second kappa shape index (κ2) is 7.23. The van der Waals surface area contributed by atoms with Crippen LogP contribution in [0.1, 0.15) is 31.9 Å². The fourth-order valence-corrected chi connectivity index (χ4v) is 2.54. The molecule has 0 heterocycles. The molecule has 0 aliphatic heterocycles. The lowest BCUT2D eigenvalue weighted by atomic mass is 10.0. The van der Waals surface area contributed by atoms with Gasteiger partial charge in [0.1, 0.15) is 5.82 Å². The summed E-state index contributed by atoms with van der Waals surface area (Å²) in [5.74, 6) is -0.205. The maximum atomic E-state index is 13.8. The van der Waals surface area contributed by atoms with Crippen LogP contribution in [0.15, 0.2) is 48.5 Å². The molecule has 0 aromatic heterocycles. The van der Waals surface area contributed by atoms with E-state index in [1.54, 1.807) is 12.1 Å². The quantitative estimate of drug-likeness (QED) is 0.831. The summed E-state index contributed by atoms with van der Waals surface area (Å²) < 4.78 is 13.8. The van der Waals surface area contributed by atoms with Crippen LogP contribution in [0.4, 0.5) is 15.8 Å². The lowest BCUT2D eigenvalue weighted by molar-refractivity contribution is 0.537. The van der Waals surface area contributed by atoms with Gasteiger partial charge in [0.05, 0.1) is 5.69 Å². The zero-order valence-corrected chi connectivity index (χ0v) is 12.9. The number of para-hydroxylation sites is 1. The van der Waals surface area contributed by atoms with Crippen molar-refractivity contribution in [3.63, 3.8) is 0 Å². The third-order valence-electron chi connectivity index (χ3n) is 3.76. The molecule has 112 valence electrons. The smallest absolute Gasteiger partial charge is 0.146 e. The molecule has 3 heteroatoms. The number of nitrogens with zero attached hydrogens (tertiary/aromatic N) is 1. The van der Waals surface area contributed by atoms with E-state index in [2.05, 4.69) is 31.3 Å². The Morgan fingerprint density at radius 1 is 1.05 bits per heavy atom. The normalized spacial score (nSPS) is 12.2. The molecule has 0 saturated carbocycles. The van der Waals surface area contributed by atoms with Crippen LogP contribution >= 0.6 is 0 Å². The van der Waals surface area contributed by atoms with Crippen LogP contribution < -0.4 is 10.2 Å². The third kappa shape index (κ3) is 3.61. The van der Waals surface area contributed by atoms with E-state index in [1.807, 2.05) is 30.1 Å². The molecule has 0 saturated heterocycles. The second-order valence-corrected chi connectivity index (χ2v) is 5.12. The van der Waals surface area contributed by atoms with E-state index in [-0.39, 0.29) is 5.82 Å². The zero-order chi connectivity index (χ0) is 15.2. The van der Waals surface area contributed by atoms with E-state index in [0.717, 1.165) is 18.7 Å². The van der Waals surface area contributed by atoms with Gasteiger partial charge in [-0.1, -0.05) is 38.1 Å². The first-order valence-electron chi connectivity index (χ1n) is 7.49. The fourth-order valence-electron chi connectivity index (χ4n) is 2.54. The molecule has 0 aliphatic rings. The maximum Gasteiger partial charge on any atom is 0.146 e. The summed E-state index contributed by atoms with van der Waals surface area (Å²) in [4.78, 5) is 1.87.